The van der Waals surface area contributed by atoms with Crippen LogP contribution in [-0.4, -0.2) is 19.0 Å². The number of nitrogens with one attached hydrogen (secondary N) is 1. The van der Waals surface area contributed by atoms with Crippen molar-refractivity contribution in [3.05, 3.63) is 24.2 Å². The Morgan fingerprint density at radius 1 is 1.60 bits per heavy atom. The molecule has 0 aliphatic heterocycles. The average Bonchev–Trinajstić information content (AvgIpc) is 2.68. The standard InChI is InChI=1S/C10H13NO4/c1-7(12)11-8(6-10(13)14-2)9-4-3-5-15-9/h3-5,8H,6H2,1-2H3,(H,11,12). The molecule has 15 heavy (non-hydrogen) atoms. The van der Waals surface area contributed by atoms with E-state index < -0.39 is 12.0 Å². The minimum atomic E-state index is -0.468. The average molecular weight is 211 g/mol. The van der Waals surface area contributed by atoms with Gasteiger partial charge in [-0.3, -0.25) is 9.59 Å². The molecule has 82 valence electrons. The van der Waals surface area contributed by atoms with Crippen molar-refractivity contribution >= 4 is 11.9 Å². The normalized spacial score (nSPS) is 11.9. The van der Waals surface area contributed by atoms with Gasteiger partial charge in [-0.25, -0.2) is 0 Å². The van der Waals surface area contributed by atoms with Crippen molar-refractivity contribution in [2.24, 2.45) is 0 Å². The molecule has 1 unspecified atom stereocenters. The van der Waals surface area contributed by atoms with E-state index in [1.165, 1.54) is 20.3 Å². The number of carbonyl (C=O) groups excluding carboxylic acids is 2. The zero-order chi connectivity index (χ0) is 11.3. The Bertz CT molecular complexity index is 331. The molecule has 0 spiro atoms. The Labute approximate surface area is 87.4 Å². The van der Waals surface area contributed by atoms with Gasteiger partial charge in [-0.15, -0.1) is 0 Å². The van der Waals surface area contributed by atoms with Crippen molar-refractivity contribution in [2.75, 3.05) is 7.11 Å². The number of ether oxygens (including phenoxy) is 1. The highest BCUT2D eigenvalue weighted by atomic mass is 16.5. The summed E-state index contributed by atoms with van der Waals surface area (Å²) < 4.78 is 9.65. The van der Waals surface area contributed by atoms with E-state index in [0.29, 0.717) is 5.76 Å². The predicted octanol–water partition coefficient (Wildman–Crippen LogP) is 1.02. The monoisotopic (exact) mass is 211 g/mol. The van der Waals surface area contributed by atoms with Gasteiger partial charge in [0.1, 0.15) is 5.76 Å². The number of furan rings is 1. The molecule has 1 aromatic rings. The van der Waals surface area contributed by atoms with Crippen LogP contribution >= 0.6 is 0 Å². The molecule has 1 atom stereocenters. The Balaban J connectivity index is 2.70. The van der Waals surface area contributed by atoms with Gasteiger partial charge in [-0.1, -0.05) is 0 Å². The molecule has 0 bridgehead atoms. The van der Waals surface area contributed by atoms with Crippen LogP contribution in [0.5, 0.6) is 0 Å². The molecule has 0 aliphatic carbocycles. The number of esters is 1. The molecule has 0 saturated heterocycles. The topological polar surface area (TPSA) is 68.5 Å². The lowest BCUT2D eigenvalue weighted by Gasteiger charge is -2.13. The SMILES string of the molecule is COC(=O)CC(NC(C)=O)c1ccco1. The van der Waals surface area contributed by atoms with Crippen LogP contribution in [0.1, 0.15) is 25.1 Å². The second kappa shape index (κ2) is 5.19. The summed E-state index contributed by atoms with van der Waals surface area (Å²) in [5, 5.41) is 2.61. The predicted molar refractivity (Wildman–Crippen MR) is 51.9 cm³/mol. The first kappa shape index (κ1) is 11.3. The summed E-state index contributed by atoms with van der Waals surface area (Å²) in [5.41, 5.74) is 0. The Morgan fingerprint density at radius 2 is 2.33 bits per heavy atom. The lowest BCUT2D eigenvalue weighted by atomic mass is 10.1. The van der Waals surface area contributed by atoms with Crippen LogP contribution in [0.25, 0.3) is 0 Å². The van der Waals surface area contributed by atoms with E-state index in [9.17, 15) is 9.59 Å². The first-order valence-corrected chi connectivity index (χ1v) is 4.50. The van der Waals surface area contributed by atoms with E-state index in [2.05, 4.69) is 10.1 Å². The molecule has 1 heterocycles. The molecule has 5 nitrogen and oxygen atoms in total. The van der Waals surface area contributed by atoms with E-state index in [1.54, 1.807) is 12.1 Å². The summed E-state index contributed by atoms with van der Waals surface area (Å²) in [7, 11) is 1.30. The summed E-state index contributed by atoms with van der Waals surface area (Å²) >= 11 is 0. The van der Waals surface area contributed by atoms with Gasteiger partial charge in [0.2, 0.25) is 5.91 Å². The van der Waals surface area contributed by atoms with Gasteiger partial charge in [0.15, 0.2) is 0 Å². The Kier molecular flexibility index (Phi) is 3.91. The summed E-state index contributed by atoms with van der Waals surface area (Å²) in [6.07, 6.45) is 1.55. The maximum Gasteiger partial charge on any atom is 0.308 e. The lowest BCUT2D eigenvalue weighted by Crippen LogP contribution is -2.28. The van der Waals surface area contributed by atoms with Crippen LogP contribution in [0.2, 0.25) is 0 Å². The zero-order valence-electron chi connectivity index (χ0n) is 8.65. The fourth-order valence-corrected chi connectivity index (χ4v) is 1.21. The third-order valence-electron chi connectivity index (χ3n) is 1.86. The second-order valence-electron chi connectivity index (χ2n) is 3.05. The van der Waals surface area contributed by atoms with Gasteiger partial charge in [0.05, 0.1) is 25.8 Å². The highest BCUT2D eigenvalue weighted by Crippen LogP contribution is 2.17. The minimum Gasteiger partial charge on any atom is -0.469 e. The van der Waals surface area contributed by atoms with E-state index in [-0.39, 0.29) is 12.3 Å². The molecular weight excluding hydrogens is 198 g/mol. The molecule has 0 saturated carbocycles. The van der Waals surface area contributed by atoms with Gasteiger partial charge < -0.3 is 14.5 Å². The van der Waals surface area contributed by atoms with Crippen LogP contribution in [0, 0.1) is 0 Å². The quantitative estimate of drug-likeness (QED) is 0.755. The highest BCUT2D eigenvalue weighted by Gasteiger charge is 2.19. The maximum atomic E-state index is 11.1. The summed E-state index contributed by atoms with van der Waals surface area (Å²) in [5.74, 6) is -0.0824. The highest BCUT2D eigenvalue weighted by molar-refractivity contribution is 5.75. The molecule has 0 aliphatic rings. The number of hydrogen-bond acceptors (Lipinski definition) is 4. The molecule has 0 radical (unpaired) electrons. The van der Waals surface area contributed by atoms with E-state index in [1.807, 2.05) is 0 Å². The Morgan fingerprint density at radius 3 is 2.80 bits per heavy atom. The zero-order valence-corrected chi connectivity index (χ0v) is 8.65. The van der Waals surface area contributed by atoms with Crippen molar-refractivity contribution in [2.45, 2.75) is 19.4 Å². The first-order valence-electron chi connectivity index (χ1n) is 4.50. The number of amides is 1. The van der Waals surface area contributed by atoms with Crippen molar-refractivity contribution in [3.8, 4) is 0 Å². The fraction of sp³-hybridized carbons (Fsp3) is 0.400. The number of rotatable bonds is 4. The molecule has 0 aromatic carbocycles. The summed E-state index contributed by atoms with van der Waals surface area (Å²) in [6, 6.07) is 2.93. The number of carbonyl (C=O) groups is 2. The molecule has 1 N–H and O–H groups in total. The molecule has 5 heteroatoms. The van der Waals surface area contributed by atoms with Crippen LogP contribution in [0.3, 0.4) is 0 Å². The van der Waals surface area contributed by atoms with Crippen molar-refractivity contribution < 1.29 is 18.7 Å². The number of methoxy groups -OCH3 is 1. The van der Waals surface area contributed by atoms with Gasteiger partial charge in [0.25, 0.3) is 0 Å². The first-order chi connectivity index (χ1) is 7.13. The Hall–Kier alpha value is -1.78. The third kappa shape index (κ3) is 3.46. The summed E-state index contributed by atoms with van der Waals surface area (Å²) in [4.78, 5) is 22.0. The van der Waals surface area contributed by atoms with E-state index in [4.69, 9.17) is 4.42 Å². The van der Waals surface area contributed by atoms with Crippen molar-refractivity contribution in [3.63, 3.8) is 0 Å². The van der Waals surface area contributed by atoms with E-state index >= 15 is 0 Å². The van der Waals surface area contributed by atoms with Gasteiger partial charge in [-0.05, 0) is 12.1 Å². The summed E-state index contributed by atoms with van der Waals surface area (Å²) in [6.45, 7) is 1.38. The molecule has 1 rings (SSSR count). The third-order valence-corrected chi connectivity index (χ3v) is 1.86. The van der Waals surface area contributed by atoms with E-state index in [0.717, 1.165) is 0 Å². The molecule has 1 amide bonds. The van der Waals surface area contributed by atoms with Crippen LogP contribution in [0.4, 0.5) is 0 Å². The smallest absolute Gasteiger partial charge is 0.308 e. The van der Waals surface area contributed by atoms with Crippen molar-refractivity contribution in [1.29, 1.82) is 0 Å². The lowest BCUT2D eigenvalue weighted by molar-refractivity contribution is -0.141. The molecular formula is C10H13NO4. The van der Waals surface area contributed by atoms with Crippen LogP contribution < -0.4 is 5.32 Å². The van der Waals surface area contributed by atoms with Crippen LogP contribution in [-0.2, 0) is 14.3 Å². The second-order valence-corrected chi connectivity index (χ2v) is 3.05. The largest absolute Gasteiger partial charge is 0.469 e. The maximum absolute atomic E-state index is 11.1. The molecule has 1 aromatic heterocycles. The minimum absolute atomic E-state index is 0.0591. The van der Waals surface area contributed by atoms with Gasteiger partial charge >= 0.3 is 5.97 Å². The van der Waals surface area contributed by atoms with Crippen molar-refractivity contribution in [1.82, 2.24) is 5.32 Å². The number of hydrogen-bond donors (Lipinski definition) is 1. The molecule has 0 fully saturated rings. The fourth-order valence-electron chi connectivity index (χ4n) is 1.21. The van der Waals surface area contributed by atoms with Crippen LogP contribution in [0.15, 0.2) is 22.8 Å². The van der Waals surface area contributed by atoms with Gasteiger partial charge in [0, 0.05) is 6.92 Å². The van der Waals surface area contributed by atoms with Gasteiger partial charge in [-0.2, -0.15) is 0 Å².